The lowest BCUT2D eigenvalue weighted by atomic mass is 9.67. The molecule has 14 heavy (non-hydrogen) atoms. The molecule has 0 heterocycles. The molecule has 1 unspecified atom stereocenters. The second-order valence-corrected chi connectivity index (χ2v) is 6.01. The van der Waals surface area contributed by atoms with Crippen LogP contribution < -0.4 is 0 Å². The molecule has 84 valence electrons. The van der Waals surface area contributed by atoms with Crippen LogP contribution in [-0.4, -0.2) is 11.2 Å². The Balaban J connectivity index is 2.55. The molecule has 3 atom stereocenters. The van der Waals surface area contributed by atoms with Crippen LogP contribution >= 0.6 is 0 Å². The van der Waals surface area contributed by atoms with Gasteiger partial charge in [-0.2, -0.15) is 0 Å². The summed E-state index contributed by atoms with van der Waals surface area (Å²) in [5.41, 5.74) is 0.270. The summed E-state index contributed by atoms with van der Waals surface area (Å²) < 4.78 is 0. The molecule has 0 aromatic carbocycles. The number of hydrogen-bond donors (Lipinski definition) is 1. The van der Waals surface area contributed by atoms with Crippen LogP contribution in [0.4, 0.5) is 0 Å². The summed E-state index contributed by atoms with van der Waals surface area (Å²) in [6.07, 6.45) is 6.08. The average molecular weight is 198 g/mol. The van der Waals surface area contributed by atoms with Crippen LogP contribution in [0.5, 0.6) is 0 Å². The number of rotatable bonds is 2. The standard InChI is InChI=1S/C13H26O/c1-5-6-10-7-8-12(14)11(9-10)13(2,3)4/h10-12,14H,5-9H2,1-4H3/t10?,11-,12+/m1/s1. The molecule has 0 aliphatic heterocycles. The van der Waals surface area contributed by atoms with E-state index in [2.05, 4.69) is 27.7 Å². The molecule has 1 N–H and O–H groups in total. The summed E-state index contributed by atoms with van der Waals surface area (Å²) in [6.45, 7) is 9.04. The van der Waals surface area contributed by atoms with Gasteiger partial charge in [-0.15, -0.1) is 0 Å². The van der Waals surface area contributed by atoms with Gasteiger partial charge in [0, 0.05) is 0 Å². The predicted octanol–water partition coefficient (Wildman–Crippen LogP) is 3.61. The van der Waals surface area contributed by atoms with Gasteiger partial charge in [-0.1, -0.05) is 40.5 Å². The third-order valence-electron chi connectivity index (χ3n) is 3.73. The predicted molar refractivity (Wildman–Crippen MR) is 61.2 cm³/mol. The lowest BCUT2D eigenvalue weighted by molar-refractivity contribution is -0.00950. The summed E-state index contributed by atoms with van der Waals surface area (Å²) in [6, 6.07) is 0. The Labute approximate surface area is 88.9 Å². The van der Waals surface area contributed by atoms with Crippen molar-refractivity contribution in [1.29, 1.82) is 0 Å². The molecule has 0 bridgehead atoms. The van der Waals surface area contributed by atoms with Crippen molar-refractivity contribution in [3.8, 4) is 0 Å². The molecule has 0 amide bonds. The zero-order valence-electron chi connectivity index (χ0n) is 10.2. The molecule has 1 heteroatoms. The van der Waals surface area contributed by atoms with Crippen LogP contribution in [0.25, 0.3) is 0 Å². The van der Waals surface area contributed by atoms with E-state index in [0.717, 1.165) is 12.3 Å². The van der Waals surface area contributed by atoms with Gasteiger partial charge in [0.1, 0.15) is 0 Å². The fourth-order valence-corrected chi connectivity index (χ4v) is 2.84. The van der Waals surface area contributed by atoms with Gasteiger partial charge in [0.25, 0.3) is 0 Å². The zero-order chi connectivity index (χ0) is 10.8. The van der Waals surface area contributed by atoms with E-state index in [9.17, 15) is 5.11 Å². The molecule has 1 rings (SSSR count). The van der Waals surface area contributed by atoms with E-state index in [1.54, 1.807) is 0 Å². The summed E-state index contributed by atoms with van der Waals surface area (Å²) in [4.78, 5) is 0. The Bertz CT molecular complexity index is 169. The molecule has 0 saturated heterocycles. The molecule has 0 aromatic heterocycles. The summed E-state index contributed by atoms with van der Waals surface area (Å²) in [5, 5.41) is 9.99. The lowest BCUT2D eigenvalue weighted by Crippen LogP contribution is -2.37. The van der Waals surface area contributed by atoms with Gasteiger partial charge in [0.2, 0.25) is 0 Å². The smallest absolute Gasteiger partial charge is 0.0573 e. The van der Waals surface area contributed by atoms with E-state index in [-0.39, 0.29) is 11.5 Å². The van der Waals surface area contributed by atoms with Crippen molar-refractivity contribution >= 4 is 0 Å². The van der Waals surface area contributed by atoms with Crippen molar-refractivity contribution in [1.82, 2.24) is 0 Å². The van der Waals surface area contributed by atoms with Crippen LogP contribution in [0.3, 0.4) is 0 Å². The first-order valence-corrected chi connectivity index (χ1v) is 6.13. The number of hydrogen-bond acceptors (Lipinski definition) is 1. The van der Waals surface area contributed by atoms with Gasteiger partial charge in [-0.3, -0.25) is 0 Å². The lowest BCUT2D eigenvalue weighted by Gasteiger charge is -2.41. The van der Waals surface area contributed by atoms with Gasteiger partial charge in [-0.25, -0.2) is 0 Å². The fraction of sp³-hybridized carbons (Fsp3) is 1.00. The molecule has 0 spiro atoms. The minimum Gasteiger partial charge on any atom is -0.393 e. The highest BCUT2D eigenvalue weighted by molar-refractivity contribution is 4.86. The maximum atomic E-state index is 9.99. The highest BCUT2D eigenvalue weighted by Crippen LogP contribution is 2.41. The molecule has 0 aromatic rings. The Hall–Kier alpha value is -0.0400. The van der Waals surface area contributed by atoms with E-state index in [4.69, 9.17) is 0 Å². The number of aliphatic hydroxyl groups excluding tert-OH is 1. The fourth-order valence-electron chi connectivity index (χ4n) is 2.84. The molecule has 0 radical (unpaired) electrons. The second kappa shape index (κ2) is 4.65. The van der Waals surface area contributed by atoms with Crippen LogP contribution in [0, 0.1) is 17.3 Å². The Morgan fingerprint density at radius 2 is 1.86 bits per heavy atom. The highest BCUT2D eigenvalue weighted by atomic mass is 16.3. The first-order valence-electron chi connectivity index (χ1n) is 6.13. The Morgan fingerprint density at radius 3 is 2.36 bits per heavy atom. The van der Waals surface area contributed by atoms with Crippen LogP contribution in [-0.2, 0) is 0 Å². The molecule has 1 aliphatic rings. The molecule has 1 aliphatic carbocycles. The first kappa shape index (κ1) is 12.0. The van der Waals surface area contributed by atoms with Gasteiger partial charge in [0.15, 0.2) is 0 Å². The van der Waals surface area contributed by atoms with Gasteiger partial charge in [-0.05, 0) is 36.5 Å². The van der Waals surface area contributed by atoms with E-state index in [1.165, 1.54) is 25.7 Å². The van der Waals surface area contributed by atoms with Crippen molar-refractivity contribution in [2.24, 2.45) is 17.3 Å². The van der Waals surface area contributed by atoms with E-state index in [0.29, 0.717) is 5.92 Å². The third-order valence-corrected chi connectivity index (χ3v) is 3.73. The second-order valence-electron chi connectivity index (χ2n) is 6.01. The quantitative estimate of drug-likeness (QED) is 0.718. The Morgan fingerprint density at radius 1 is 1.21 bits per heavy atom. The van der Waals surface area contributed by atoms with E-state index < -0.39 is 0 Å². The largest absolute Gasteiger partial charge is 0.393 e. The SMILES string of the molecule is CCCC1CC[C@H](O)[C@H](C(C)(C)C)C1. The van der Waals surface area contributed by atoms with Crippen LogP contribution in [0.1, 0.15) is 59.8 Å². The number of aliphatic hydroxyl groups is 1. The first-order chi connectivity index (χ1) is 6.45. The molecular weight excluding hydrogens is 172 g/mol. The maximum Gasteiger partial charge on any atom is 0.0573 e. The summed E-state index contributed by atoms with van der Waals surface area (Å²) in [5.74, 6) is 1.38. The monoisotopic (exact) mass is 198 g/mol. The molecule has 1 saturated carbocycles. The molecule has 1 nitrogen and oxygen atoms in total. The molecular formula is C13H26O. The summed E-state index contributed by atoms with van der Waals surface area (Å²) in [7, 11) is 0. The third kappa shape index (κ3) is 2.98. The van der Waals surface area contributed by atoms with Gasteiger partial charge in [0.05, 0.1) is 6.10 Å². The normalized spacial score (nSPS) is 34.5. The van der Waals surface area contributed by atoms with Crippen molar-refractivity contribution < 1.29 is 5.11 Å². The minimum absolute atomic E-state index is 0.0527. The van der Waals surface area contributed by atoms with Crippen molar-refractivity contribution in [3.63, 3.8) is 0 Å². The maximum absolute atomic E-state index is 9.99. The minimum atomic E-state index is -0.0527. The van der Waals surface area contributed by atoms with Crippen LogP contribution in [0.15, 0.2) is 0 Å². The van der Waals surface area contributed by atoms with Crippen molar-refractivity contribution in [3.05, 3.63) is 0 Å². The van der Waals surface area contributed by atoms with E-state index >= 15 is 0 Å². The average Bonchev–Trinajstić information content (AvgIpc) is 2.07. The van der Waals surface area contributed by atoms with Crippen LogP contribution in [0.2, 0.25) is 0 Å². The van der Waals surface area contributed by atoms with Gasteiger partial charge >= 0.3 is 0 Å². The van der Waals surface area contributed by atoms with Gasteiger partial charge < -0.3 is 5.11 Å². The topological polar surface area (TPSA) is 20.2 Å². The Kier molecular flexibility index (Phi) is 4.00. The molecule has 1 fully saturated rings. The highest BCUT2D eigenvalue weighted by Gasteiger charge is 2.36. The van der Waals surface area contributed by atoms with Crippen molar-refractivity contribution in [2.75, 3.05) is 0 Å². The summed E-state index contributed by atoms with van der Waals surface area (Å²) >= 11 is 0. The van der Waals surface area contributed by atoms with E-state index in [1.807, 2.05) is 0 Å². The zero-order valence-corrected chi connectivity index (χ0v) is 10.2. The van der Waals surface area contributed by atoms with Crippen molar-refractivity contribution in [2.45, 2.75) is 65.9 Å².